The molecule has 1 aliphatic rings. The standard InChI is InChI=1S/C17H19ClN2S/c1-19(11-10-18)12-13-20-14-6-2-4-8-16(14)21-17-9-5-3-7-15(17)20/h2-9H,10-13H2,1H3. The normalized spacial score (nSPS) is 13.2. The third kappa shape index (κ3) is 3.20. The molecule has 0 aromatic heterocycles. The van der Waals surface area contributed by atoms with Gasteiger partial charge in [-0.2, -0.15) is 0 Å². The van der Waals surface area contributed by atoms with Crippen LogP contribution in [0, 0.1) is 0 Å². The number of fused-ring (bicyclic) bond motifs is 2. The van der Waals surface area contributed by atoms with Crippen LogP contribution in [0.3, 0.4) is 0 Å². The number of hydrogen-bond acceptors (Lipinski definition) is 3. The Hall–Kier alpha value is -1.16. The number of hydrogen-bond donors (Lipinski definition) is 0. The van der Waals surface area contributed by atoms with E-state index in [1.165, 1.54) is 21.2 Å². The molecule has 0 saturated heterocycles. The summed E-state index contributed by atoms with van der Waals surface area (Å²) in [5.41, 5.74) is 2.61. The van der Waals surface area contributed by atoms with Gasteiger partial charge in [0.25, 0.3) is 0 Å². The maximum atomic E-state index is 5.82. The van der Waals surface area contributed by atoms with Crippen molar-refractivity contribution in [2.75, 3.05) is 37.5 Å². The van der Waals surface area contributed by atoms with Crippen LogP contribution in [0.1, 0.15) is 0 Å². The second kappa shape index (κ2) is 6.73. The summed E-state index contributed by atoms with van der Waals surface area (Å²) < 4.78 is 0. The lowest BCUT2D eigenvalue weighted by Gasteiger charge is -2.33. The number of para-hydroxylation sites is 2. The topological polar surface area (TPSA) is 6.48 Å². The lowest BCUT2D eigenvalue weighted by Crippen LogP contribution is -2.32. The van der Waals surface area contributed by atoms with Crippen LogP contribution >= 0.6 is 23.4 Å². The molecule has 3 rings (SSSR count). The third-order valence-electron chi connectivity index (χ3n) is 3.70. The van der Waals surface area contributed by atoms with Gasteiger partial charge in [0.05, 0.1) is 11.4 Å². The van der Waals surface area contributed by atoms with E-state index in [0.717, 1.165) is 19.6 Å². The molecule has 21 heavy (non-hydrogen) atoms. The van der Waals surface area contributed by atoms with E-state index in [2.05, 4.69) is 65.4 Å². The number of anilines is 2. The van der Waals surface area contributed by atoms with Gasteiger partial charge in [-0.3, -0.25) is 0 Å². The van der Waals surface area contributed by atoms with E-state index in [4.69, 9.17) is 11.6 Å². The van der Waals surface area contributed by atoms with Gasteiger partial charge in [-0.1, -0.05) is 36.0 Å². The number of rotatable bonds is 5. The molecule has 0 saturated carbocycles. The van der Waals surface area contributed by atoms with Crippen molar-refractivity contribution in [3.05, 3.63) is 48.5 Å². The van der Waals surface area contributed by atoms with Crippen molar-refractivity contribution in [1.29, 1.82) is 0 Å². The fraction of sp³-hybridized carbons (Fsp3) is 0.294. The van der Waals surface area contributed by atoms with Gasteiger partial charge in [-0.05, 0) is 31.3 Å². The highest BCUT2D eigenvalue weighted by Gasteiger charge is 2.22. The molecule has 2 nitrogen and oxygen atoms in total. The summed E-state index contributed by atoms with van der Waals surface area (Å²) in [5, 5.41) is 0. The predicted molar refractivity (Wildman–Crippen MR) is 92.2 cm³/mol. The van der Waals surface area contributed by atoms with Gasteiger partial charge in [0.2, 0.25) is 0 Å². The number of benzene rings is 2. The van der Waals surface area contributed by atoms with Crippen molar-refractivity contribution in [2.24, 2.45) is 0 Å². The smallest absolute Gasteiger partial charge is 0.0553 e. The van der Waals surface area contributed by atoms with Gasteiger partial charge in [0, 0.05) is 35.3 Å². The Morgan fingerprint density at radius 2 is 1.52 bits per heavy atom. The Kier molecular flexibility index (Phi) is 4.73. The summed E-state index contributed by atoms with van der Waals surface area (Å²) in [6.07, 6.45) is 0. The second-order valence-electron chi connectivity index (χ2n) is 5.18. The zero-order valence-corrected chi connectivity index (χ0v) is 13.7. The van der Waals surface area contributed by atoms with Gasteiger partial charge in [0.1, 0.15) is 0 Å². The van der Waals surface area contributed by atoms with Gasteiger partial charge in [-0.25, -0.2) is 0 Å². The van der Waals surface area contributed by atoms with Crippen LogP contribution in [0.4, 0.5) is 11.4 Å². The first-order chi connectivity index (χ1) is 10.3. The minimum Gasteiger partial charge on any atom is -0.338 e. The Morgan fingerprint density at radius 1 is 0.952 bits per heavy atom. The molecule has 0 radical (unpaired) electrons. The summed E-state index contributed by atoms with van der Waals surface area (Å²) in [6, 6.07) is 17.3. The quantitative estimate of drug-likeness (QED) is 0.752. The average Bonchev–Trinajstić information content (AvgIpc) is 2.51. The lowest BCUT2D eigenvalue weighted by molar-refractivity contribution is 0.364. The van der Waals surface area contributed by atoms with E-state index < -0.39 is 0 Å². The summed E-state index contributed by atoms with van der Waals surface area (Å²) in [5.74, 6) is 0.680. The largest absolute Gasteiger partial charge is 0.338 e. The van der Waals surface area contributed by atoms with E-state index in [-0.39, 0.29) is 0 Å². The highest BCUT2D eigenvalue weighted by atomic mass is 35.5. The molecule has 0 fully saturated rings. The van der Waals surface area contributed by atoms with Gasteiger partial charge >= 0.3 is 0 Å². The van der Waals surface area contributed by atoms with Crippen molar-refractivity contribution in [3.8, 4) is 0 Å². The molecule has 0 aliphatic carbocycles. The van der Waals surface area contributed by atoms with Gasteiger partial charge in [-0.15, -0.1) is 11.6 Å². The molecular weight excluding hydrogens is 300 g/mol. The fourth-order valence-corrected chi connectivity index (χ4v) is 3.93. The minimum absolute atomic E-state index is 0.680. The monoisotopic (exact) mass is 318 g/mol. The Bertz CT molecular complexity index is 572. The summed E-state index contributed by atoms with van der Waals surface area (Å²) in [7, 11) is 2.12. The number of halogens is 1. The molecule has 0 atom stereocenters. The first-order valence-electron chi connectivity index (χ1n) is 7.17. The molecular formula is C17H19ClN2S. The molecule has 4 heteroatoms. The zero-order chi connectivity index (χ0) is 14.7. The second-order valence-corrected chi connectivity index (χ2v) is 6.64. The Morgan fingerprint density at radius 3 is 2.10 bits per heavy atom. The molecule has 0 bridgehead atoms. The highest BCUT2D eigenvalue weighted by Crippen LogP contribution is 2.47. The van der Waals surface area contributed by atoms with Crippen molar-refractivity contribution >= 4 is 34.7 Å². The van der Waals surface area contributed by atoms with E-state index >= 15 is 0 Å². The number of alkyl halides is 1. The molecule has 0 amide bonds. The van der Waals surface area contributed by atoms with Crippen LogP contribution in [0.25, 0.3) is 0 Å². The maximum Gasteiger partial charge on any atom is 0.0553 e. The van der Waals surface area contributed by atoms with E-state index in [9.17, 15) is 0 Å². The van der Waals surface area contributed by atoms with Crippen LogP contribution in [0.5, 0.6) is 0 Å². The molecule has 110 valence electrons. The van der Waals surface area contributed by atoms with Crippen molar-refractivity contribution < 1.29 is 0 Å². The Balaban J connectivity index is 1.88. The van der Waals surface area contributed by atoms with Crippen LogP contribution in [0.2, 0.25) is 0 Å². The molecule has 2 aromatic rings. The minimum atomic E-state index is 0.680. The van der Waals surface area contributed by atoms with Crippen LogP contribution in [0.15, 0.2) is 58.3 Å². The van der Waals surface area contributed by atoms with E-state index in [1.807, 2.05) is 11.8 Å². The summed E-state index contributed by atoms with van der Waals surface area (Å²) in [4.78, 5) is 7.36. The lowest BCUT2D eigenvalue weighted by atomic mass is 10.2. The average molecular weight is 319 g/mol. The van der Waals surface area contributed by atoms with E-state index in [1.54, 1.807) is 0 Å². The van der Waals surface area contributed by atoms with Crippen molar-refractivity contribution in [2.45, 2.75) is 9.79 Å². The molecule has 0 spiro atoms. The van der Waals surface area contributed by atoms with Crippen LogP contribution in [-0.2, 0) is 0 Å². The molecule has 2 aromatic carbocycles. The summed E-state index contributed by atoms with van der Waals surface area (Å²) >= 11 is 7.68. The zero-order valence-electron chi connectivity index (χ0n) is 12.1. The van der Waals surface area contributed by atoms with E-state index in [0.29, 0.717) is 5.88 Å². The highest BCUT2D eigenvalue weighted by molar-refractivity contribution is 7.99. The maximum absolute atomic E-state index is 5.82. The SMILES string of the molecule is CN(CCCl)CCN1c2ccccc2Sc2ccccc21. The van der Waals surface area contributed by atoms with Gasteiger partial charge < -0.3 is 9.80 Å². The molecule has 0 unspecified atom stereocenters. The predicted octanol–water partition coefficient (Wildman–Crippen LogP) is 4.46. The number of nitrogens with zero attached hydrogens (tertiary/aromatic N) is 2. The summed E-state index contributed by atoms with van der Waals surface area (Å²) in [6.45, 7) is 2.90. The Labute approximate surface area is 135 Å². The third-order valence-corrected chi connectivity index (χ3v) is 5.00. The molecule has 1 aliphatic heterocycles. The number of likely N-dealkylation sites (N-methyl/N-ethyl adjacent to an activating group) is 1. The first-order valence-corrected chi connectivity index (χ1v) is 8.52. The van der Waals surface area contributed by atoms with Crippen LogP contribution in [-0.4, -0.2) is 37.5 Å². The fourth-order valence-electron chi connectivity index (χ4n) is 2.55. The molecule has 0 N–H and O–H groups in total. The van der Waals surface area contributed by atoms with Crippen molar-refractivity contribution in [1.82, 2.24) is 4.90 Å². The molecule has 1 heterocycles. The van der Waals surface area contributed by atoms with Gasteiger partial charge in [0.15, 0.2) is 0 Å². The van der Waals surface area contributed by atoms with Crippen LogP contribution < -0.4 is 4.90 Å². The van der Waals surface area contributed by atoms with Crippen molar-refractivity contribution in [3.63, 3.8) is 0 Å². The first kappa shape index (κ1) is 14.8.